The Kier molecular flexibility index (Phi) is 3.33. The fourth-order valence-corrected chi connectivity index (χ4v) is 2.65. The molecule has 0 amide bonds. The Bertz CT molecular complexity index is 820. The van der Waals surface area contributed by atoms with Crippen LogP contribution in [0.1, 0.15) is 19.0 Å². The highest BCUT2D eigenvalue weighted by molar-refractivity contribution is 6.30. The summed E-state index contributed by atoms with van der Waals surface area (Å²) >= 11 is 5.86. The fraction of sp³-hybridized carbons (Fsp3) is 0.286. The van der Waals surface area contributed by atoms with Gasteiger partial charge in [-0.3, -0.25) is 4.57 Å². The first-order chi connectivity index (χ1) is 10.0. The smallest absolute Gasteiger partial charge is 0.207 e. The molecule has 2 aromatic heterocycles. The third-order valence-electron chi connectivity index (χ3n) is 3.38. The standard InChI is InChI=1S/C14H15ClFN5/c1-3-4-11-12-13(20(2)19-11)21(14(17)18-12)8-5-6-10(16)9(15)7-8/h5-7H,3-4H2,1-2H3,(H2,17,18). The van der Waals surface area contributed by atoms with Crippen molar-refractivity contribution in [3.05, 3.63) is 34.7 Å². The Morgan fingerprint density at radius 2 is 2.14 bits per heavy atom. The van der Waals surface area contributed by atoms with Gasteiger partial charge in [0.2, 0.25) is 5.95 Å². The van der Waals surface area contributed by atoms with E-state index in [2.05, 4.69) is 17.0 Å². The molecule has 0 fully saturated rings. The lowest BCUT2D eigenvalue weighted by Gasteiger charge is -2.07. The lowest BCUT2D eigenvalue weighted by Crippen LogP contribution is -2.05. The van der Waals surface area contributed by atoms with Crippen molar-refractivity contribution in [3.63, 3.8) is 0 Å². The number of aromatic nitrogens is 4. The molecule has 0 aliphatic rings. The first kappa shape index (κ1) is 13.9. The number of imidazole rings is 1. The Balaban J connectivity index is 2.27. The Labute approximate surface area is 126 Å². The molecule has 110 valence electrons. The van der Waals surface area contributed by atoms with E-state index in [0.717, 1.165) is 29.7 Å². The van der Waals surface area contributed by atoms with Crippen LogP contribution in [0.25, 0.3) is 16.9 Å². The van der Waals surface area contributed by atoms with Gasteiger partial charge in [-0.25, -0.2) is 14.1 Å². The molecule has 0 aliphatic carbocycles. The average Bonchev–Trinajstić information content (AvgIpc) is 2.92. The first-order valence-electron chi connectivity index (χ1n) is 6.68. The topological polar surface area (TPSA) is 61.7 Å². The number of nitrogen functional groups attached to an aromatic ring is 1. The molecule has 0 unspecified atom stereocenters. The molecule has 0 atom stereocenters. The van der Waals surface area contributed by atoms with Crippen LogP contribution in [0.3, 0.4) is 0 Å². The lowest BCUT2D eigenvalue weighted by atomic mass is 10.2. The maximum Gasteiger partial charge on any atom is 0.207 e. The van der Waals surface area contributed by atoms with E-state index in [4.69, 9.17) is 17.3 Å². The molecule has 0 spiro atoms. The van der Waals surface area contributed by atoms with Gasteiger partial charge in [0, 0.05) is 7.05 Å². The van der Waals surface area contributed by atoms with Gasteiger partial charge < -0.3 is 5.73 Å². The number of rotatable bonds is 3. The van der Waals surface area contributed by atoms with Crippen LogP contribution in [0.2, 0.25) is 5.02 Å². The minimum atomic E-state index is -0.466. The van der Waals surface area contributed by atoms with Crippen molar-refractivity contribution in [2.24, 2.45) is 7.05 Å². The minimum Gasteiger partial charge on any atom is -0.369 e. The molecule has 0 saturated carbocycles. The third-order valence-corrected chi connectivity index (χ3v) is 3.67. The number of fused-ring (bicyclic) bond motifs is 1. The third kappa shape index (κ3) is 2.15. The molecule has 21 heavy (non-hydrogen) atoms. The Hall–Kier alpha value is -2.08. The van der Waals surface area contributed by atoms with Crippen molar-refractivity contribution >= 4 is 28.7 Å². The van der Waals surface area contributed by atoms with Crippen LogP contribution in [0.5, 0.6) is 0 Å². The maximum atomic E-state index is 13.3. The minimum absolute atomic E-state index is 0.0460. The van der Waals surface area contributed by atoms with E-state index in [1.165, 1.54) is 12.1 Å². The van der Waals surface area contributed by atoms with Crippen molar-refractivity contribution in [2.45, 2.75) is 19.8 Å². The van der Waals surface area contributed by atoms with Crippen LogP contribution in [0.15, 0.2) is 18.2 Å². The largest absolute Gasteiger partial charge is 0.369 e. The van der Waals surface area contributed by atoms with Crippen LogP contribution in [-0.2, 0) is 13.5 Å². The van der Waals surface area contributed by atoms with Crippen LogP contribution in [-0.4, -0.2) is 19.3 Å². The van der Waals surface area contributed by atoms with Gasteiger partial charge in [-0.1, -0.05) is 24.9 Å². The van der Waals surface area contributed by atoms with Gasteiger partial charge >= 0.3 is 0 Å². The van der Waals surface area contributed by atoms with E-state index >= 15 is 0 Å². The molecule has 0 aliphatic heterocycles. The number of hydrogen-bond donors (Lipinski definition) is 1. The molecule has 0 bridgehead atoms. The monoisotopic (exact) mass is 307 g/mol. The summed E-state index contributed by atoms with van der Waals surface area (Å²) in [7, 11) is 1.84. The van der Waals surface area contributed by atoms with E-state index < -0.39 is 5.82 Å². The zero-order valence-corrected chi connectivity index (χ0v) is 12.5. The van der Waals surface area contributed by atoms with Crippen molar-refractivity contribution in [1.29, 1.82) is 0 Å². The first-order valence-corrected chi connectivity index (χ1v) is 7.06. The van der Waals surface area contributed by atoms with Crippen molar-refractivity contribution in [1.82, 2.24) is 19.3 Å². The summed E-state index contributed by atoms with van der Waals surface area (Å²) in [4.78, 5) is 4.40. The Morgan fingerprint density at radius 1 is 1.38 bits per heavy atom. The highest BCUT2D eigenvalue weighted by atomic mass is 35.5. The number of nitrogens with zero attached hydrogens (tertiary/aromatic N) is 4. The molecule has 3 aromatic rings. The summed E-state index contributed by atoms with van der Waals surface area (Å²) in [5.74, 6) is -0.134. The zero-order chi connectivity index (χ0) is 15.1. The summed E-state index contributed by atoms with van der Waals surface area (Å²) in [5, 5.41) is 4.52. The molecule has 2 heterocycles. The molecule has 7 heteroatoms. The number of nitrogens with two attached hydrogens (primary N) is 1. The molecular weight excluding hydrogens is 293 g/mol. The summed E-state index contributed by atoms with van der Waals surface area (Å²) in [5.41, 5.74) is 9.15. The summed E-state index contributed by atoms with van der Waals surface area (Å²) in [6, 6.07) is 4.46. The molecule has 0 saturated heterocycles. The van der Waals surface area contributed by atoms with Crippen molar-refractivity contribution < 1.29 is 4.39 Å². The van der Waals surface area contributed by atoms with E-state index in [-0.39, 0.29) is 5.02 Å². The lowest BCUT2D eigenvalue weighted by molar-refractivity contribution is 0.628. The average molecular weight is 308 g/mol. The van der Waals surface area contributed by atoms with Crippen LogP contribution < -0.4 is 5.73 Å². The Morgan fingerprint density at radius 3 is 2.81 bits per heavy atom. The highest BCUT2D eigenvalue weighted by Gasteiger charge is 2.19. The SMILES string of the molecule is CCCc1nn(C)c2c1nc(N)n2-c1ccc(F)c(Cl)c1. The molecule has 3 rings (SSSR count). The van der Waals surface area contributed by atoms with Gasteiger partial charge in [-0.15, -0.1) is 0 Å². The van der Waals surface area contributed by atoms with E-state index in [1.807, 2.05) is 7.05 Å². The summed E-state index contributed by atoms with van der Waals surface area (Å²) < 4.78 is 16.8. The number of benzene rings is 1. The fourth-order valence-electron chi connectivity index (χ4n) is 2.48. The number of aryl methyl sites for hydroxylation is 2. The van der Waals surface area contributed by atoms with Gasteiger partial charge in [0.15, 0.2) is 5.65 Å². The van der Waals surface area contributed by atoms with Crippen LogP contribution >= 0.6 is 11.6 Å². The maximum absolute atomic E-state index is 13.3. The molecular formula is C14H15ClFN5. The summed E-state index contributed by atoms with van der Waals surface area (Å²) in [6.07, 6.45) is 1.80. The van der Waals surface area contributed by atoms with Gasteiger partial charge in [-0.2, -0.15) is 5.10 Å². The van der Waals surface area contributed by atoms with Gasteiger partial charge in [-0.05, 0) is 24.6 Å². The number of hydrogen-bond acceptors (Lipinski definition) is 3. The molecule has 1 aromatic carbocycles. The van der Waals surface area contributed by atoms with Gasteiger partial charge in [0.05, 0.1) is 16.4 Å². The summed E-state index contributed by atoms with van der Waals surface area (Å²) in [6.45, 7) is 2.08. The second-order valence-corrected chi connectivity index (χ2v) is 5.30. The van der Waals surface area contributed by atoms with Crippen molar-refractivity contribution in [2.75, 3.05) is 5.73 Å². The molecule has 5 nitrogen and oxygen atoms in total. The van der Waals surface area contributed by atoms with Gasteiger partial charge in [0.1, 0.15) is 11.3 Å². The highest BCUT2D eigenvalue weighted by Crippen LogP contribution is 2.27. The predicted molar refractivity (Wildman–Crippen MR) is 81.2 cm³/mol. The van der Waals surface area contributed by atoms with Crippen LogP contribution in [0.4, 0.5) is 10.3 Å². The van der Waals surface area contributed by atoms with E-state index in [0.29, 0.717) is 11.6 Å². The number of anilines is 1. The number of halogens is 2. The quantitative estimate of drug-likeness (QED) is 0.809. The zero-order valence-electron chi connectivity index (χ0n) is 11.8. The van der Waals surface area contributed by atoms with E-state index in [1.54, 1.807) is 15.3 Å². The van der Waals surface area contributed by atoms with Crippen LogP contribution in [0, 0.1) is 5.82 Å². The second-order valence-electron chi connectivity index (χ2n) is 4.90. The molecule has 2 N–H and O–H groups in total. The van der Waals surface area contributed by atoms with E-state index in [9.17, 15) is 4.39 Å². The second kappa shape index (κ2) is 5.04. The normalized spacial score (nSPS) is 11.4. The molecule has 0 radical (unpaired) electrons. The van der Waals surface area contributed by atoms with Gasteiger partial charge in [0.25, 0.3) is 0 Å². The van der Waals surface area contributed by atoms with Crippen molar-refractivity contribution in [3.8, 4) is 5.69 Å². The predicted octanol–water partition coefficient (Wildman–Crippen LogP) is 3.09.